The highest BCUT2D eigenvalue weighted by Crippen LogP contribution is 2.36. The largest absolute Gasteiger partial charge is 0.479 e. The minimum atomic E-state index is -1.13. The summed E-state index contributed by atoms with van der Waals surface area (Å²) in [6.45, 7) is 6.05. The molecule has 0 fully saturated rings. The Labute approximate surface area is 171 Å². The zero-order valence-electron chi connectivity index (χ0n) is 16.3. The maximum atomic E-state index is 13.5. The fraction of sp³-hybridized carbons (Fsp3) is 0.174. The first kappa shape index (κ1) is 19.1. The molecule has 6 heteroatoms. The molecule has 4 rings (SSSR count). The highest BCUT2D eigenvalue weighted by atomic mass is 32.1. The topological polar surface area (TPSA) is 72.2 Å². The molecule has 0 amide bonds. The molecular formula is C23H20N2O3S. The van der Waals surface area contributed by atoms with Crippen molar-refractivity contribution < 1.29 is 9.90 Å². The Morgan fingerprint density at radius 3 is 2.45 bits per heavy atom. The predicted octanol–water partition coefficient (Wildman–Crippen LogP) is 4.72. The molecule has 2 aromatic heterocycles. The summed E-state index contributed by atoms with van der Waals surface area (Å²) in [7, 11) is 0. The van der Waals surface area contributed by atoms with E-state index in [0.717, 1.165) is 21.6 Å². The Balaban J connectivity index is 1.99. The van der Waals surface area contributed by atoms with E-state index in [9.17, 15) is 14.7 Å². The van der Waals surface area contributed by atoms with E-state index in [-0.39, 0.29) is 5.56 Å². The van der Waals surface area contributed by atoms with Gasteiger partial charge in [0.2, 0.25) is 0 Å². The first-order valence-corrected chi connectivity index (χ1v) is 10.1. The van der Waals surface area contributed by atoms with Gasteiger partial charge in [-0.05, 0) is 43.0 Å². The van der Waals surface area contributed by atoms with Crippen LogP contribution in [0.5, 0.6) is 0 Å². The van der Waals surface area contributed by atoms with Crippen LogP contribution >= 0.6 is 11.3 Å². The highest BCUT2D eigenvalue weighted by molar-refractivity contribution is 7.19. The number of aromatic nitrogens is 2. The monoisotopic (exact) mass is 404 g/mol. The molecule has 2 aromatic carbocycles. The second-order valence-electron chi connectivity index (χ2n) is 7.12. The van der Waals surface area contributed by atoms with Crippen molar-refractivity contribution in [1.29, 1.82) is 0 Å². The lowest BCUT2D eigenvalue weighted by Crippen LogP contribution is -2.30. The van der Waals surface area contributed by atoms with Crippen LogP contribution < -0.4 is 5.56 Å². The molecule has 0 aliphatic heterocycles. The van der Waals surface area contributed by atoms with Gasteiger partial charge >= 0.3 is 5.97 Å². The van der Waals surface area contributed by atoms with Gasteiger partial charge in [0.1, 0.15) is 11.2 Å². The van der Waals surface area contributed by atoms with Crippen molar-refractivity contribution >= 4 is 27.5 Å². The van der Waals surface area contributed by atoms with E-state index in [1.807, 2.05) is 39.0 Å². The number of hydrogen-bond donors (Lipinski definition) is 1. The zero-order valence-corrected chi connectivity index (χ0v) is 17.2. The predicted molar refractivity (Wildman–Crippen MR) is 116 cm³/mol. The Bertz CT molecular complexity index is 1290. The molecular weight excluding hydrogens is 384 g/mol. The third kappa shape index (κ3) is 3.25. The van der Waals surface area contributed by atoms with Crippen molar-refractivity contribution in [3.8, 4) is 11.1 Å². The minimum Gasteiger partial charge on any atom is -0.479 e. The lowest BCUT2D eigenvalue weighted by molar-refractivity contribution is -0.139. The first-order chi connectivity index (χ1) is 13.9. The normalized spacial score (nSPS) is 12.2. The number of fused-ring (bicyclic) bond motifs is 1. The fourth-order valence-electron chi connectivity index (χ4n) is 3.60. The lowest BCUT2D eigenvalue weighted by atomic mass is 9.99. The van der Waals surface area contributed by atoms with Crippen molar-refractivity contribution in [3.05, 3.63) is 86.8 Å². The van der Waals surface area contributed by atoms with Gasteiger partial charge in [0.05, 0.1) is 5.39 Å². The molecule has 0 aliphatic rings. The summed E-state index contributed by atoms with van der Waals surface area (Å²) in [6, 6.07) is 13.7. The number of aliphatic carboxylic acids is 1. The average Bonchev–Trinajstić information content (AvgIpc) is 3.03. The summed E-state index contributed by atoms with van der Waals surface area (Å²) < 4.78 is 1.22. The second-order valence-corrected chi connectivity index (χ2v) is 8.32. The van der Waals surface area contributed by atoms with Crippen LogP contribution in [0, 0.1) is 20.8 Å². The van der Waals surface area contributed by atoms with Gasteiger partial charge < -0.3 is 5.11 Å². The number of aryl methyl sites for hydroxylation is 3. The average molecular weight is 404 g/mol. The summed E-state index contributed by atoms with van der Waals surface area (Å²) in [5.74, 6) is -1.10. The summed E-state index contributed by atoms with van der Waals surface area (Å²) in [5.41, 5.74) is 4.28. The Hall–Kier alpha value is -3.25. The van der Waals surface area contributed by atoms with Crippen LogP contribution in [-0.2, 0) is 4.79 Å². The molecule has 1 unspecified atom stereocenters. The highest BCUT2D eigenvalue weighted by Gasteiger charge is 2.26. The van der Waals surface area contributed by atoms with Gasteiger partial charge in [-0.1, -0.05) is 48.5 Å². The number of rotatable bonds is 4. The van der Waals surface area contributed by atoms with Crippen molar-refractivity contribution in [2.45, 2.75) is 26.8 Å². The van der Waals surface area contributed by atoms with Gasteiger partial charge in [-0.25, -0.2) is 9.78 Å². The molecule has 29 heavy (non-hydrogen) atoms. The quantitative estimate of drug-likeness (QED) is 0.534. The molecule has 146 valence electrons. The molecule has 0 saturated carbocycles. The number of nitrogens with zero attached hydrogens (tertiary/aromatic N) is 2. The minimum absolute atomic E-state index is 0.344. The van der Waals surface area contributed by atoms with Crippen LogP contribution in [0.1, 0.15) is 27.6 Å². The van der Waals surface area contributed by atoms with Gasteiger partial charge in [-0.2, -0.15) is 0 Å². The first-order valence-electron chi connectivity index (χ1n) is 9.24. The van der Waals surface area contributed by atoms with Crippen LogP contribution in [-0.4, -0.2) is 20.6 Å². The molecule has 0 aliphatic carbocycles. The molecule has 5 nitrogen and oxygen atoms in total. The maximum Gasteiger partial charge on any atom is 0.331 e. The van der Waals surface area contributed by atoms with Gasteiger partial charge in [-0.3, -0.25) is 9.36 Å². The van der Waals surface area contributed by atoms with E-state index >= 15 is 0 Å². The van der Waals surface area contributed by atoms with E-state index in [4.69, 9.17) is 0 Å². The molecule has 4 aromatic rings. The lowest BCUT2D eigenvalue weighted by Gasteiger charge is -2.16. The summed E-state index contributed by atoms with van der Waals surface area (Å²) in [5, 5.41) is 10.3. The smallest absolute Gasteiger partial charge is 0.331 e. The van der Waals surface area contributed by atoms with Gasteiger partial charge in [-0.15, -0.1) is 11.3 Å². The number of thiophene rings is 1. The number of carboxylic acids is 1. The van der Waals surface area contributed by atoms with Gasteiger partial charge in [0.15, 0.2) is 6.04 Å². The number of benzene rings is 2. The maximum absolute atomic E-state index is 13.5. The van der Waals surface area contributed by atoms with Crippen LogP contribution in [0.25, 0.3) is 21.3 Å². The molecule has 1 N–H and O–H groups in total. The van der Waals surface area contributed by atoms with Crippen molar-refractivity contribution in [2.24, 2.45) is 0 Å². The molecule has 0 spiro atoms. The summed E-state index contributed by atoms with van der Waals surface area (Å²) in [6.07, 6.45) is 1.34. The molecule has 2 heterocycles. The fourth-order valence-corrected chi connectivity index (χ4v) is 4.60. The standard InChI is InChI=1S/C23H20N2O3S/c1-13-9-10-17(11-14(13)2)18-15(3)29-21-19(18)22(26)25(12-24-21)20(23(27)28)16-7-5-4-6-8-16/h4-12,20H,1-3H3,(H,27,28). The van der Waals surface area contributed by atoms with E-state index in [1.54, 1.807) is 24.3 Å². The molecule has 1 atom stereocenters. The summed E-state index contributed by atoms with van der Waals surface area (Å²) >= 11 is 1.45. The van der Waals surface area contributed by atoms with Crippen molar-refractivity contribution in [1.82, 2.24) is 9.55 Å². The zero-order chi connectivity index (χ0) is 20.7. The van der Waals surface area contributed by atoms with Crippen LogP contribution in [0.4, 0.5) is 0 Å². The number of hydrogen-bond acceptors (Lipinski definition) is 4. The van der Waals surface area contributed by atoms with Gasteiger partial charge in [0, 0.05) is 10.4 Å². The SMILES string of the molecule is Cc1ccc(-c2c(C)sc3ncn(C(C(=O)O)c4ccccc4)c(=O)c23)cc1C. The molecule has 0 saturated heterocycles. The van der Waals surface area contributed by atoms with E-state index in [2.05, 4.69) is 11.1 Å². The van der Waals surface area contributed by atoms with Crippen LogP contribution in [0.3, 0.4) is 0 Å². The Kier molecular flexibility index (Phi) is 4.80. The molecule has 0 bridgehead atoms. The third-order valence-electron chi connectivity index (χ3n) is 5.24. The van der Waals surface area contributed by atoms with Crippen molar-refractivity contribution in [2.75, 3.05) is 0 Å². The van der Waals surface area contributed by atoms with Crippen LogP contribution in [0.2, 0.25) is 0 Å². The number of carbonyl (C=O) groups is 1. The van der Waals surface area contributed by atoms with Gasteiger partial charge in [0.25, 0.3) is 5.56 Å². The number of carboxylic acid groups (broad SMARTS) is 1. The summed E-state index contributed by atoms with van der Waals surface area (Å²) in [4.78, 5) is 31.6. The third-order valence-corrected chi connectivity index (χ3v) is 6.25. The molecule has 0 radical (unpaired) electrons. The van der Waals surface area contributed by atoms with Crippen LogP contribution in [0.15, 0.2) is 59.7 Å². The second kappa shape index (κ2) is 7.29. The van der Waals surface area contributed by atoms with E-state index < -0.39 is 12.0 Å². The Morgan fingerprint density at radius 1 is 1.07 bits per heavy atom. The van der Waals surface area contributed by atoms with Crippen molar-refractivity contribution in [3.63, 3.8) is 0 Å². The Morgan fingerprint density at radius 2 is 1.79 bits per heavy atom. The van der Waals surface area contributed by atoms with E-state index in [0.29, 0.717) is 15.8 Å². The van der Waals surface area contributed by atoms with E-state index in [1.165, 1.54) is 27.8 Å².